The molecule has 42 heavy (non-hydrogen) atoms. The van der Waals surface area contributed by atoms with Crippen molar-refractivity contribution in [2.75, 3.05) is 50.8 Å². The summed E-state index contributed by atoms with van der Waals surface area (Å²) in [5.74, 6) is -0.665. The molecule has 2 N–H and O–H groups in total. The number of amides is 3. The Balaban J connectivity index is 1.26. The van der Waals surface area contributed by atoms with Crippen LogP contribution in [-0.4, -0.2) is 101 Å². The number of piperazine rings is 1. The summed E-state index contributed by atoms with van der Waals surface area (Å²) in [4.78, 5) is 65.1. The SMILES string of the molecule is CCCCOC(=O)N1CCN(C(=O)[C@H](CC)NC(=O)c2cc(N3C[C@@H]4[C@H](C3)[C@@H]4C(=O)O)nc(-c3ccccc3)n2)CC1. The van der Waals surface area contributed by atoms with Crippen LogP contribution in [0.4, 0.5) is 10.6 Å². The van der Waals surface area contributed by atoms with Crippen molar-refractivity contribution in [3.63, 3.8) is 0 Å². The van der Waals surface area contributed by atoms with E-state index in [0.717, 1.165) is 18.4 Å². The van der Waals surface area contributed by atoms with Crippen LogP contribution < -0.4 is 10.2 Å². The molecule has 3 fully saturated rings. The molecule has 12 nitrogen and oxygen atoms in total. The lowest BCUT2D eigenvalue weighted by atomic mass is 10.1. The van der Waals surface area contributed by atoms with Crippen LogP contribution in [0.5, 0.6) is 0 Å². The first-order valence-corrected chi connectivity index (χ1v) is 14.7. The number of ether oxygens (including phenoxy) is 1. The van der Waals surface area contributed by atoms with E-state index in [9.17, 15) is 24.3 Å². The Morgan fingerprint density at radius 1 is 1.00 bits per heavy atom. The summed E-state index contributed by atoms with van der Waals surface area (Å²) < 4.78 is 5.28. The Morgan fingerprint density at radius 2 is 1.67 bits per heavy atom. The van der Waals surface area contributed by atoms with E-state index in [0.29, 0.717) is 63.9 Å². The van der Waals surface area contributed by atoms with Crippen LogP contribution >= 0.6 is 0 Å². The van der Waals surface area contributed by atoms with Crippen molar-refractivity contribution >= 4 is 29.7 Å². The first-order valence-electron chi connectivity index (χ1n) is 14.7. The highest BCUT2D eigenvalue weighted by Gasteiger charge is 2.60. The van der Waals surface area contributed by atoms with Crippen LogP contribution in [0.25, 0.3) is 11.4 Å². The second kappa shape index (κ2) is 12.7. The molecule has 5 rings (SSSR count). The van der Waals surface area contributed by atoms with Crippen LogP contribution in [0.2, 0.25) is 0 Å². The van der Waals surface area contributed by atoms with Gasteiger partial charge in [0.1, 0.15) is 17.6 Å². The molecule has 0 radical (unpaired) electrons. The Labute approximate surface area is 245 Å². The molecule has 2 saturated heterocycles. The van der Waals surface area contributed by atoms with Crippen molar-refractivity contribution in [1.29, 1.82) is 0 Å². The van der Waals surface area contributed by atoms with Gasteiger partial charge in [0.25, 0.3) is 5.91 Å². The van der Waals surface area contributed by atoms with Gasteiger partial charge in [-0.05, 0) is 24.7 Å². The zero-order valence-corrected chi connectivity index (χ0v) is 24.1. The number of anilines is 1. The summed E-state index contributed by atoms with van der Waals surface area (Å²) in [7, 11) is 0. The third-order valence-electron chi connectivity index (χ3n) is 8.37. The van der Waals surface area contributed by atoms with Gasteiger partial charge in [0, 0.05) is 50.9 Å². The van der Waals surface area contributed by atoms with E-state index in [1.807, 2.05) is 49.1 Å². The van der Waals surface area contributed by atoms with Gasteiger partial charge in [-0.1, -0.05) is 50.6 Å². The Bertz CT molecular complexity index is 1300. The van der Waals surface area contributed by atoms with Gasteiger partial charge >= 0.3 is 12.1 Å². The minimum absolute atomic E-state index is 0.0793. The number of benzene rings is 1. The second-order valence-electron chi connectivity index (χ2n) is 11.1. The van der Waals surface area contributed by atoms with E-state index in [4.69, 9.17) is 9.72 Å². The minimum Gasteiger partial charge on any atom is -0.481 e. The average molecular weight is 579 g/mol. The van der Waals surface area contributed by atoms with Gasteiger partial charge in [0.15, 0.2) is 5.82 Å². The number of unbranched alkanes of at least 4 members (excludes halogenated alkanes) is 1. The standard InChI is InChI=1S/C30H38N6O6/c1-3-5-15-42-30(41)35-13-11-34(12-14-35)28(38)22(4-2)32-27(37)23-16-24(33-26(31-23)19-9-7-6-8-10-19)36-17-20-21(18-36)25(20)29(39)40/h6-10,16,20-22,25H,3-5,11-15,17-18H2,1-2H3,(H,32,37)(H,39,40)/t20-,21+,22-,25-/m0/s1. The molecule has 3 aliphatic rings. The third kappa shape index (κ3) is 6.32. The number of rotatable bonds is 10. The molecule has 224 valence electrons. The number of nitrogens with one attached hydrogen (secondary N) is 1. The molecule has 1 saturated carbocycles. The molecule has 3 heterocycles. The maximum atomic E-state index is 13.5. The van der Waals surface area contributed by atoms with E-state index < -0.39 is 17.9 Å². The largest absolute Gasteiger partial charge is 0.481 e. The lowest BCUT2D eigenvalue weighted by Gasteiger charge is -2.35. The maximum Gasteiger partial charge on any atom is 0.409 e. The van der Waals surface area contributed by atoms with Crippen LogP contribution in [-0.2, 0) is 14.3 Å². The molecule has 0 bridgehead atoms. The van der Waals surface area contributed by atoms with Gasteiger partial charge in [0.05, 0.1) is 12.5 Å². The van der Waals surface area contributed by atoms with Crippen molar-refractivity contribution in [2.24, 2.45) is 17.8 Å². The number of carbonyl (C=O) groups is 4. The minimum atomic E-state index is -0.763. The van der Waals surface area contributed by atoms with Gasteiger partial charge in [-0.2, -0.15) is 0 Å². The fraction of sp³-hybridized carbons (Fsp3) is 0.533. The normalized spacial score (nSPS) is 21.9. The molecule has 1 aliphatic carbocycles. The summed E-state index contributed by atoms with van der Waals surface area (Å²) in [5, 5.41) is 12.3. The molecular weight excluding hydrogens is 540 g/mol. The number of piperidine rings is 1. The van der Waals surface area contributed by atoms with Crippen molar-refractivity contribution in [2.45, 2.75) is 39.2 Å². The quantitative estimate of drug-likeness (QED) is 0.406. The molecule has 4 atom stereocenters. The lowest BCUT2D eigenvalue weighted by Crippen LogP contribution is -2.55. The molecule has 12 heteroatoms. The topological polar surface area (TPSA) is 145 Å². The number of aliphatic carboxylic acids is 1. The van der Waals surface area contributed by atoms with Crippen molar-refractivity contribution in [3.8, 4) is 11.4 Å². The van der Waals surface area contributed by atoms with E-state index in [1.165, 1.54) is 0 Å². The van der Waals surface area contributed by atoms with E-state index >= 15 is 0 Å². The number of carboxylic acids is 1. The molecule has 0 spiro atoms. The molecule has 2 aromatic rings. The fourth-order valence-corrected chi connectivity index (χ4v) is 5.80. The molecule has 3 amide bonds. The highest BCUT2D eigenvalue weighted by molar-refractivity contribution is 5.97. The average Bonchev–Trinajstić information content (AvgIpc) is 3.53. The van der Waals surface area contributed by atoms with Crippen LogP contribution in [0.3, 0.4) is 0 Å². The monoisotopic (exact) mass is 578 g/mol. The summed E-state index contributed by atoms with van der Waals surface area (Å²) in [6.07, 6.45) is 1.78. The Kier molecular flexibility index (Phi) is 8.89. The second-order valence-corrected chi connectivity index (χ2v) is 11.1. The van der Waals surface area contributed by atoms with Crippen LogP contribution in [0.1, 0.15) is 43.6 Å². The summed E-state index contributed by atoms with van der Waals surface area (Å²) in [5.41, 5.74) is 0.885. The number of hydrogen-bond acceptors (Lipinski definition) is 8. The third-order valence-corrected chi connectivity index (χ3v) is 8.37. The van der Waals surface area contributed by atoms with E-state index in [1.54, 1.807) is 15.9 Å². The Morgan fingerprint density at radius 3 is 2.29 bits per heavy atom. The number of fused-ring (bicyclic) bond motifs is 1. The zero-order chi connectivity index (χ0) is 29.8. The number of aromatic nitrogens is 2. The number of carboxylic acid groups (broad SMARTS) is 1. The van der Waals surface area contributed by atoms with Gasteiger partial charge in [-0.25, -0.2) is 14.8 Å². The van der Waals surface area contributed by atoms with Gasteiger partial charge < -0.3 is 29.9 Å². The molecule has 0 unspecified atom stereocenters. The predicted molar refractivity (Wildman–Crippen MR) is 154 cm³/mol. The molecule has 1 aromatic carbocycles. The first-order chi connectivity index (χ1) is 20.3. The predicted octanol–water partition coefficient (Wildman–Crippen LogP) is 2.50. The summed E-state index contributed by atoms with van der Waals surface area (Å²) in [6.45, 7) is 6.83. The highest BCUT2D eigenvalue weighted by atomic mass is 16.6. The van der Waals surface area contributed by atoms with Crippen LogP contribution in [0.15, 0.2) is 36.4 Å². The highest BCUT2D eigenvalue weighted by Crippen LogP contribution is 2.52. The smallest absolute Gasteiger partial charge is 0.409 e. The van der Waals surface area contributed by atoms with Gasteiger partial charge in [-0.15, -0.1) is 0 Å². The fourth-order valence-electron chi connectivity index (χ4n) is 5.80. The van der Waals surface area contributed by atoms with E-state index in [2.05, 4.69) is 10.3 Å². The Hall–Kier alpha value is -4.22. The lowest BCUT2D eigenvalue weighted by molar-refractivity contribution is -0.139. The number of nitrogens with zero attached hydrogens (tertiary/aromatic N) is 5. The number of carbonyl (C=O) groups excluding carboxylic acids is 3. The molecule has 1 aromatic heterocycles. The van der Waals surface area contributed by atoms with Crippen LogP contribution in [0, 0.1) is 17.8 Å². The maximum absolute atomic E-state index is 13.5. The molecular formula is C30H38N6O6. The summed E-state index contributed by atoms with van der Waals surface area (Å²) in [6, 6.07) is 10.2. The zero-order valence-electron chi connectivity index (χ0n) is 24.1. The first kappa shape index (κ1) is 29.3. The van der Waals surface area contributed by atoms with Gasteiger partial charge in [-0.3, -0.25) is 14.4 Å². The number of hydrogen-bond donors (Lipinski definition) is 2. The van der Waals surface area contributed by atoms with Crippen molar-refractivity contribution < 1.29 is 29.0 Å². The van der Waals surface area contributed by atoms with Gasteiger partial charge in [0.2, 0.25) is 5.91 Å². The van der Waals surface area contributed by atoms with Crippen molar-refractivity contribution in [1.82, 2.24) is 25.1 Å². The van der Waals surface area contributed by atoms with Crippen molar-refractivity contribution in [3.05, 3.63) is 42.1 Å². The molecule has 2 aliphatic heterocycles. The summed E-state index contributed by atoms with van der Waals surface area (Å²) >= 11 is 0. The van der Waals surface area contributed by atoms with E-state index in [-0.39, 0.29) is 35.4 Å².